The quantitative estimate of drug-likeness (QED) is 0.738. The van der Waals surface area contributed by atoms with Gasteiger partial charge in [-0.05, 0) is 25.0 Å². The van der Waals surface area contributed by atoms with E-state index in [0.29, 0.717) is 17.6 Å². The summed E-state index contributed by atoms with van der Waals surface area (Å²) in [4.78, 5) is 8.67. The molecule has 0 saturated carbocycles. The minimum absolute atomic E-state index is 0.453. The van der Waals surface area contributed by atoms with Crippen LogP contribution in [-0.4, -0.2) is 16.6 Å². The summed E-state index contributed by atoms with van der Waals surface area (Å²) in [6, 6.07) is 10.1. The van der Waals surface area contributed by atoms with Crippen LogP contribution in [-0.2, 0) is 6.42 Å². The molecule has 0 spiro atoms. The van der Waals surface area contributed by atoms with E-state index in [-0.39, 0.29) is 0 Å². The van der Waals surface area contributed by atoms with Crippen molar-refractivity contribution in [2.45, 2.75) is 26.7 Å². The van der Waals surface area contributed by atoms with Crippen molar-refractivity contribution in [2.75, 3.05) is 6.61 Å². The van der Waals surface area contributed by atoms with Gasteiger partial charge in [-0.3, -0.25) is 0 Å². The summed E-state index contributed by atoms with van der Waals surface area (Å²) < 4.78 is 5.70. The van der Waals surface area contributed by atoms with E-state index >= 15 is 0 Å². The Balaban J connectivity index is 2.01. The number of rotatable bonds is 6. The minimum Gasteiger partial charge on any atom is -0.473 e. The van der Waals surface area contributed by atoms with Crippen LogP contribution in [0.1, 0.15) is 30.3 Å². The molecule has 0 bridgehead atoms. The second-order valence-electron chi connectivity index (χ2n) is 4.73. The molecule has 21 heavy (non-hydrogen) atoms. The molecule has 0 aliphatic heterocycles. The Morgan fingerprint density at radius 1 is 1.19 bits per heavy atom. The summed E-state index contributed by atoms with van der Waals surface area (Å²) >= 11 is 6.11. The predicted octanol–water partition coefficient (Wildman–Crippen LogP) is 4.48. The molecule has 3 nitrogen and oxygen atoms in total. The zero-order valence-corrected chi connectivity index (χ0v) is 13.1. The molecule has 2 aromatic rings. The normalized spacial score (nSPS) is 11.0. The average molecular weight is 303 g/mol. The van der Waals surface area contributed by atoms with Crippen LogP contribution in [0.15, 0.2) is 36.4 Å². The first-order valence-corrected chi connectivity index (χ1v) is 7.46. The minimum atomic E-state index is 0.453. The molecule has 4 heteroatoms. The Hall–Kier alpha value is -1.87. The molecule has 0 amide bonds. The maximum atomic E-state index is 6.11. The molecule has 0 radical (unpaired) electrons. The second kappa shape index (κ2) is 7.79. The van der Waals surface area contributed by atoms with E-state index in [1.807, 2.05) is 49.4 Å². The van der Waals surface area contributed by atoms with Gasteiger partial charge >= 0.3 is 0 Å². The molecule has 1 aromatic carbocycles. The fourth-order valence-corrected chi connectivity index (χ4v) is 2.04. The van der Waals surface area contributed by atoms with E-state index in [1.165, 1.54) is 0 Å². The van der Waals surface area contributed by atoms with E-state index in [4.69, 9.17) is 16.3 Å². The van der Waals surface area contributed by atoms with Crippen molar-refractivity contribution in [3.05, 3.63) is 58.5 Å². The fraction of sp³-hybridized carbons (Fsp3) is 0.294. The Kier molecular flexibility index (Phi) is 5.76. The van der Waals surface area contributed by atoms with E-state index in [0.717, 1.165) is 29.8 Å². The Bertz CT molecular complexity index is 612. The van der Waals surface area contributed by atoms with Crippen LogP contribution >= 0.6 is 11.6 Å². The Morgan fingerprint density at radius 3 is 2.67 bits per heavy atom. The van der Waals surface area contributed by atoms with Crippen molar-refractivity contribution < 1.29 is 4.74 Å². The number of hydrogen-bond donors (Lipinski definition) is 0. The van der Waals surface area contributed by atoms with E-state index in [2.05, 4.69) is 16.9 Å². The third-order valence-corrected chi connectivity index (χ3v) is 3.36. The number of halogens is 1. The largest absolute Gasteiger partial charge is 0.473 e. The zero-order valence-electron chi connectivity index (χ0n) is 12.3. The summed E-state index contributed by atoms with van der Waals surface area (Å²) in [5, 5.41) is 0.468. The van der Waals surface area contributed by atoms with Crippen LogP contribution < -0.4 is 4.74 Å². The molecule has 110 valence electrons. The van der Waals surface area contributed by atoms with Crippen molar-refractivity contribution in [1.82, 2.24) is 9.97 Å². The van der Waals surface area contributed by atoms with Crippen LogP contribution in [0.3, 0.4) is 0 Å². The first-order valence-electron chi connectivity index (χ1n) is 7.08. The van der Waals surface area contributed by atoms with E-state index in [1.54, 1.807) is 0 Å². The second-order valence-corrected chi connectivity index (χ2v) is 5.09. The predicted molar refractivity (Wildman–Crippen MR) is 86.7 cm³/mol. The van der Waals surface area contributed by atoms with Crippen molar-refractivity contribution >= 4 is 17.7 Å². The van der Waals surface area contributed by atoms with Gasteiger partial charge in [0.1, 0.15) is 17.6 Å². The van der Waals surface area contributed by atoms with Gasteiger partial charge in [-0.1, -0.05) is 54.9 Å². The van der Waals surface area contributed by atoms with E-state index < -0.39 is 0 Å². The number of nitrogens with zero attached hydrogens (tertiary/aromatic N) is 2. The lowest BCUT2D eigenvalue weighted by Crippen LogP contribution is -2.04. The molecule has 2 rings (SSSR count). The summed E-state index contributed by atoms with van der Waals surface area (Å²) in [5.74, 6) is 1.30. The van der Waals surface area contributed by atoms with Crippen LogP contribution in [0.25, 0.3) is 6.08 Å². The van der Waals surface area contributed by atoms with Crippen molar-refractivity contribution in [3.8, 4) is 5.88 Å². The fourth-order valence-electron chi connectivity index (χ4n) is 1.86. The highest BCUT2D eigenvalue weighted by Gasteiger charge is 2.09. The van der Waals surface area contributed by atoms with Crippen molar-refractivity contribution in [3.63, 3.8) is 0 Å². The maximum Gasteiger partial charge on any atom is 0.221 e. The van der Waals surface area contributed by atoms with Gasteiger partial charge in [-0.15, -0.1) is 0 Å². The summed E-state index contributed by atoms with van der Waals surface area (Å²) in [7, 11) is 0. The molecular weight excluding hydrogens is 284 g/mol. The summed E-state index contributed by atoms with van der Waals surface area (Å²) in [5.41, 5.74) is 1.93. The van der Waals surface area contributed by atoms with Gasteiger partial charge < -0.3 is 4.74 Å². The van der Waals surface area contributed by atoms with Gasteiger partial charge in [0.15, 0.2) is 0 Å². The molecule has 1 aromatic heterocycles. The van der Waals surface area contributed by atoms with Crippen LogP contribution in [0.2, 0.25) is 5.15 Å². The zero-order chi connectivity index (χ0) is 15.1. The van der Waals surface area contributed by atoms with Gasteiger partial charge in [0.25, 0.3) is 0 Å². The number of aryl methyl sites for hydroxylation is 1. The molecule has 0 N–H and O–H groups in total. The molecule has 0 atom stereocenters. The molecule has 1 heterocycles. The van der Waals surface area contributed by atoms with Gasteiger partial charge in [-0.2, -0.15) is 4.98 Å². The van der Waals surface area contributed by atoms with Gasteiger partial charge in [0.05, 0.1) is 0 Å². The van der Waals surface area contributed by atoms with E-state index in [9.17, 15) is 0 Å². The topological polar surface area (TPSA) is 35.0 Å². The van der Waals surface area contributed by atoms with Gasteiger partial charge in [0.2, 0.25) is 5.88 Å². The summed E-state index contributed by atoms with van der Waals surface area (Å²) in [6.07, 6.45) is 5.76. The first-order chi connectivity index (χ1) is 10.2. The van der Waals surface area contributed by atoms with Gasteiger partial charge in [0, 0.05) is 12.0 Å². The Morgan fingerprint density at radius 2 is 1.95 bits per heavy atom. The van der Waals surface area contributed by atoms with Gasteiger partial charge in [-0.25, -0.2) is 4.98 Å². The van der Waals surface area contributed by atoms with Crippen LogP contribution in [0.5, 0.6) is 5.88 Å². The lowest BCUT2D eigenvalue weighted by molar-refractivity contribution is 0.344. The van der Waals surface area contributed by atoms with Crippen molar-refractivity contribution in [1.29, 1.82) is 0 Å². The molecule has 0 fully saturated rings. The smallest absolute Gasteiger partial charge is 0.221 e. The highest BCUT2D eigenvalue weighted by Crippen LogP contribution is 2.22. The van der Waals surface area contributed by atoms with Crippen molar-refractivity contribution in [2.24, 2.45) is 0 Å². The number of aromatic nitrogens is 2. The van der Waals surface area contributed by atoms with Crippen LogP contribution in [0.4, 0.5) is 0 Å². The summed E-state index contributed by atoms with van der Waals surface area (Å²) in [6.45, 7) is 4.41. The average Bonchev–Trinajstić information content (AvgIpc) is 2.49. The highest BCUT2D eigenvalue weighted by atomic mass is 35.5. The number of benzene rings is 1. The third kappa shape index (κ3) is 4.57. The lowest BCUT2D eigenvalue weighted by atomic mass is 10.2. The molecule has 0 unspecified atom stereocenters. The molecule has 0 aliphatic rings. The molecule has 0 saturated heterocycles. The number of ether oxygens (including phenoxy) is 1. The SMILES string of the molecule is CCCc1nc(Cl)c(C)c(OC/C=C/c2ccccc2)n1. The monoisotopic (exact) mass is 302 g/mol. The van der Waals surface area contributed by atoms with Crippen LogP contribution in [0, 0.1) is 6.92 Å². The lowest BCUT2D eigenvalue weighted by Gasteiger charge is -2.09. The third-order valence-electron chi connectivity index (χ3n) is 2.99. The first kappa shape index (κ1) is 15.5. The maximum absolute atomic E-state index is 6.11. The standard InChI is InChI=1S/C17H19ClN2O/c1-3-8-15-19-16(18)13(2)17(20-15)21-12-7-11-14-9-5-4-6-10-14/h4-7,9-11H,3,8,12H2,1-2H3/b11-7+. The number of hydrogen-bond acceptors (Lipinski definition) is 3. The molecule has 0 aliphatic carbocycles. The molecular formula is C17H19ClN2O. The Labute approximate surface area is 130 Å². The highest BCUT2D eigenvalue weighted by molar-refractivity contribution is 6.30.